The molecule has 2 saturated heterocycles. The van der Waals surface area contributed by atoms with Crippen LogP contribution in [0.15, 0.2) is 24.3 Å². The minimum atomic E-state index is -0.192. The summed E-state index contributed by atoms with van der Waals surface area (Å²) in [5.74, 6) is 0.631. The van der Waals surface area contributed by atoms with Gasteiger partial charge in [0.25, 0.3) is 0 Å². The fourth-order valence-corrected chi connectivity index (χ4v) is 4.94. The van der Waals surface area contributed by atoms with Crippen LogP contribution in [0.4, 0.5) is 15.9 Å². The van der Waals surface area contributed by atoms with Crippen LogP contribution in [0.5, 0.6) is 0 Å². The van der Waals surface area contributed by atoms with Crippen molar-refractivity contribution in [1.29, 1.82) is 0 Å². The molecular formula is C22H28FN6OP. The molecule has 1 aromatic carbocycles. The normalized spacial score (nSPS) is 18.0. The third-order valence-electron chi connectivity index (χ3n) is 6.21. The lowest BCUT2D eigenvalue weighted by atomic mass is 10.0. The number of ether oxygens (including phenoxy) is 1. The number of anilines is 2. The Morgan fingerprint density at radius 1 is 1.26 bits per heavy atom. The van der Waals surface area contributed by atoms with Crippen LogP contribution in [0.25, 0.3) is 5.65 Å². The van der Waals surface area contributed by atoms with E-state index >= 15 is 0 Å². The fourth-order valence-electron chi connectivity index (χ4n) is 4.34. The summed E-state index contributed by atoms with van der Waals surface area (Å²) in [6.07, 6.45) is 0.553. The van der Waals surface area contributed by atoms with Crippen LogP contribution in [0.3, 0.4) is 0 Å². The molecular weight excluding hydrogens is 414 g/mol. The van der Waals surface area contributed by atoms with Gasteiger partial charge in [0, 0.05) is 45.2 Å². The van der Waals surface area contributed by atoms with E-state index in [1.54, 1.807) is 6.07 Å². The molecule has 4 heterocycles. The standard InChI is InChI=1S/C22H28FN6OP/c1-14-15(3-2-4-17(14)23)9-20-19(13-27-11-16(31)12-27)25-22-18(24)10-21(26-29(20)22)28-5-7-30-8-6-28/h2-4,10,16H,5-9,11-13,24,31H2,1H3. The van der Waals surface area contributed by atoms with Crippen LogP contribution in [0.2, 0.25) is 0 Å². The second kappa shape index (κ2) is 8.34. The van der Waals surface area contributed by atoms with Crippen molar-refractivity contribution < 1.29 is 9.13 Å². The van der Waals surface area contributed by atoms with Gasteiger partial charge >= 0.3 is 0 Å². The molecule has 0 spiro atoms. The molecule has 2 aromatic heterocycles. The smallest absolute Gasteiger partial charge is 0.177 e. The third kappa shape index (κ3) is 4.00. The van der Waals surface area contributed by atoms with Crippen molar-refractivity contribution in [2.75, 3.05) is 50.0 Å². The molecule has 2 aliphatic rings. The van der Waals surface area contributed by atoms with Gasteiger partial charge in [-0.2, -0.15) is 0 Å². The van der Waals surface area contributed by atoms with Crippen molar-refractivity contribution in [3.8, 4) is 0 Å². The molecule has 0 bridgehead atoms. The first-order valence-corrected chi connectivity index (χ1v) is 11.4. The van der Waals surface area contributed by atoms with Crippen LogP contribution in [-0.4, -0.2) is 64.5 Å². The Labute approximate surface area is 183 Å². The van der Waals surface area contributed by atoms with Gasteiger partial charge in [-0.15, -0.1) is 14.3 Å². The lowest BCUT2D eigenvalue weighted by Gasteiger charge is -2.36. The lowest BCUT2D eigenvalue weighted by molar-refractivity contribution is 0.122. The topological polar surface area (TPSA) is 71.9 Å². The number of nitrogens with two attached hydrogens (primary N) is 1. The SMILES string of the molecule is Cc1c(F)cccc1Cc1c(CN2CC(P)C2)nc2c(N)cc(N3CCOCC3)nn12. The predicted molar refractivity (Wildman–Crippen MR) is 123 cm³/mol. The van der Waals surface area contributed by atoms with Crippen molar-refractivity contribution in [1.82, 2.24) is 19.5 Å². The highest BCUT2D eigenvalue weighted by Crippen LogP contribution is 2.28. The first-order valence-electron chi connectivity index (χ1n) is 10.7. The zero-order valence-electron chi connectivity index (χ0n) is 17.7. The van der Waals surface area contributed by atoms with E-state index in [9.17, 15) is 4.39 Å². The van der Waals surface area contributed by atoms with Gasteiger partial charge in [-0.1, -0.05) is 12.1 Å². The number of rotatable bonds is 5. The highest BCUT2D eigenvalue weighted by Gasteiger charge is 2.27. The third-order valence-corrected chi connectivity index (χ3v) is 6.63. The number of morpholine rings is 1. The number of benzene rings is 1. The maximum absolute atomic E-state index is 14.2. The Morgan fingerprint density at radius 2 is 2.03 bits per heavy atom. The maximum Gasteiger partial charge on any atom is 0.177 e. The summed E-state index contributed by atoms with van der Waals surface area (Å²) in [6.45, 7) is 7.53. The monoisotopic (exact) mass is 442 g/mol. The highest BCUT2D eigenvalue weighted by atomic mass is 31.0. The van der Waals surface area contributed by atoms with E-state index in [0.717, 1.165) is 55.5 Å². The Bertz CT molecular complexity index is 1110. The van der Waals surface area contributed by atoms with Gasteiger partial charge in [0.1, 0.15) is 5.82 Å². The average molecular weight is 442 g/mol. The Balaban J connectivity index is 1.59. The lowest BCUT2D eigenvalue weighted by Crippen LogP contribution is -2.46. The van der Waals surface area contributed by atoms with E-state index in [1.807, 2.05) is 23.6 Å². The number of imidazole rings is 1. The van der Waals surface area contributed by atoms with Gasteiger partial charge in [-0.25, -0.2) is 13.9 Å². The molecule has 9 heteroatoms. The predicted octanol–water partition coefficient (Wildman–Crippen LogP) is 2.25. The number of nitrogen functional groups attached to an aromatic ring is 1. The van der Waals surface area contributed by atoms with Crippen molar-refractivity contribution in [3.63, 3.8) is 0 Å². The summed E-state index contributed by atoms with van der Waals surface area (Å²) in [6, 6.07) is 7.13. The van der Waals surface area contributed by atoms with Gasteiger partial charge in [-0.3, -0.25) is 4.90 Å². The van der Waals surface area contributed by atoms with Crippen LogP contribution in [0, 0.1) is 12.7 Å². The molecule has 0 saturated carbocycles. The van der Waals surface area contributed by atoms with Crippen LogP contribution in [-0.2, 0) is 17.7 Å². The average Bonchev–Trinajstić information content (AvgIpc) is 3.09. The van der Waals surface area contributed by atoms with Crippen LogP contribution < -0.4 is 10.6 Å². The summed E-state index contributed by atoms with van der Waals surface area (Å²) in [7, 11) is 2.87. The zero-order valence-corrected chi connectivity index (χ0v) is 18.9. The van der Waals surface area contributed by atoms with E-state index in [0.29, 0.717) is 42.2 Å². The first kappa shape index (κ1) is 20.6. The Kier molecular flexibility index (Phi) is 5.54. The highest BCUT2D eigenvalue weighted by molar-refractivity contribution is 7.17. The molecule has 31 heavy (non-hydrogen) atoms. The molecule has 2 N–H and O–H groups in total. The van der Waals surface area contributed by atoms with Gasteiger partial charge in [0.05, 0.1) is 30.3 Å². The molecule has 2 aliphatic heterocycles. The molecule has 5 rings (SSSR count). The number of fused-ring (bicyclic) bond motifs is 1. The Morgan fingerprint density at radius 3 is 2.77 bits per heavy atom. The molecule has 0 aliphatic carbocycles. The molecule has 0 radical (unpaired) electrons. The molecule has 3 aromatic rings. The summed E-state index contributed by atoms with van der Waals surface area (Å²) < 4.78 is 21.6. The van der Waals surface area contributed by atoms with E-state index in [-0.39, 0.29) is 5.82 Å². The van der Waals surface area contributed by atoms with Gasteiger partial charge in [-0.05, 0) is 29.8 Å². The number of aromatic nitrogens is 3. The summed E-state index contributed by atoms with van der Waals surface area (Å²) in [5, 5.41) is 4.92. The van der Waals surface area contributed by atoms with Crippen molar-refractivity contribution in [3.05, 3.63) is 52.6 Å². The zero-order chi connectivity index (χ0) is 21.5. The summed E-state index contributed by atoms with van der Waals surface area (Å²) >= 11 is 0. The van der Waals surface area contributed by atoms with E-state index in [4.69, 9.17) is 20.6 Å². The van der Waals surface area contributed by atoms with Crippen LogP contribution >= 0.6 is 9.24 Å². The van der Waals surface area contributed by atoms with Crippen LogP contribution in [0.1, 0.15) is 22.5 Å². The maximum atomic E-state index is 14.2. The number of likely N-dealkylation sites (tertiary alicyclic amines) is 1. The number of halogens is 1. The summed E-state index contributed by atoms with van der Waals surface area (Å²) in [4.78, 5) is 9.43. The molecule has 1 atom stereocenters. The second-order valence-electron chi connectivity index (χ2n) is 8.45. The summed E-state index contributed by atoms with van der Waals surface area (Å²) in [5.41, 5.74) is 11.9. The quantitative estimate of drug-likeness (QED) is 0.612. The first-order chi connectivity index (χ1) is 15.0. The minimum absolute atomic E-state index is 0.192. The largest absolute Gasteiger partial charge is 0.396 e. The minimum Gasteiger partial charge on any atom is -0.396 e. The number of hydrogen-bond donors (Lipinski definition) is 1. The van der Waals surface area contributed by atoms with Crippen molar-refractivity contribution in [2.45, 2.75) is 25.5 Å². The van der Waals surface area contributed by atoms with Gasteiger partial charge in [0.15, 0.2) is 11.5 Å². The molecule has 7 nitrogen and oxygen atoms in total. The van der Waals surface area contributed by atoms with Gasteiger partial charge in [0.2, 0.25) is 0 Å². The number of nitrogens with zero attached hydrogens (tertiary/aromatic N) is 5. The van der Waals surface area contributed by atoms with E-state index in [1.165, 1.54) is 6.07 Å². The molecule has 1 unspecified atom stereocenters. The second-order valence-corrected chi connectivity index (χ2v) is 9.40. The van der Waals surface area contributed by atoms with Crippen molar-refractivity contribution >= 4 is 26.4 Å². The number of hydrogen-bond acceptors (Lipinski definition) is 6. The Hall–Kier alpha value is -2.28. The van der Waals surface area contributed by atoms with E-state index < -0.39 is 0 Å². The molecule has 2 fully saturated rings. The van der Waals surface area contributed by atoms with Crippen molar-refractivity contribution in [2.24, 2.45) is 0 Å². The van der Waals surface area contributed by atoms with Gasteiger partial charge < -0.3 is 15.4 Å². The molecule has 164 valence electrons. The fraction of sp³-hybridized carbons (Fsp3) is 0.455. The van der Waals surface area contributed by atoms with E-state index in [2.05, 4.69) is 19.0 Å². The molecule has 0 amide bonds.